The van der Waals surface area contributed by atoms with Gasteiger partial charge in [-0.1, -0.05) is 30.3 Å². The number of carbonyl (C=O) groups excluding carboxylic acids is 1. The van der Waals surface area contributed by atoms with Crippen molar-refractivity contribution in [2.75, 3.05) is 11.9 Å². The average Bonchev–Trinajstić information content (AvgIpc) is 2.68. The predicted octanol–water partition coefficient (Wildman–Crippen LogP) is 3.43. The van der Waals surface area contributed by atoms with Crippen LogP contribution in [0.5, 0.6) is 0 Å². The standard InChI is InChI=1S/C20H20N4O/c1-15(23-14-20(25)24-19-5-3-11-22-13-19)16-6-8-17(9-7-16)18-4-2-10-21-12-18/h2-13,15,23H,14H2,1H3,(H,24,25)/t15-/m0/s1. The molecule has 2 N–H and O–H groups in total. The van der Waals surface area contributed by atoms with Gasteiger partial charge >= 0.3 is 0 Å². The molecule has 0 aliphatic rings. The van der Waals surface area contributed by atoms with E-state index >= 15 is 0 Å². The van der Waals surface area contributed by atoms with E-state index in [9.17, 15) is 4.79 Å². The van der Waals surface area contributed by atoms with Crippen molar-refractivity contribution in [3.05, 3.63) is 78.9 Å². The van der Waals surface area contributed by atoms with E-state index in [1.54, 1.807) is 24.7 Å². The highest BCUT2D eigenvalue weighted by molar-refractivity contribution is 5.92. The van der Waals surface area contributed by atoms with Gasteiger partial charge in [0.25, 0.3) is 0 Å². The van der Waals surface area contributed by atoms with Gasteiger partial charge in [0, 0.05) is 24.6 Å². The number of aromatic nitrogens is 2. The molecule has 0 saturated heterocycles. The van der Waals surface area contributed by atoms with E-state index < -0.39 is 0 Å². The third kappa shape index (κ3) is 4.71. The summed E-state index contributed by atoms with van der Waals surface area (Å²) in [5.41, 5.74) is 4.04. The minimum Gasteiger partial charge on any atom is -0.324 e. The molecule has 0 aliphatic carbocycles. The minimum absolute atomic E-state index is 0.0718. The molecule has 126 valence electrons. The zero-order valence-corrected chi connectivity index (χ0v) is 14.0. The Hall–Kier alpha value is -3.05. The number of pyridine rings is 2. The summed E-state index contributed by atoms with van der Waals surface area (Å²) >= 11 is 0. The Morgan fingerprint density at radius 3 is 2.32 bits per heavy atom. The van der Waals surface area contributed by atoms with Gasteiger partial charge in [0.05, 0.1) is 18.4 Å². The zero-order chi connectivity index (χ0) is 17.5. The van der Waals surface area contributed by atoms with Crippen molar-refractivity contribution in [2.45, 2.75) is 13.0 Å². The molecule has 1 amide bonds. The van der Waals surface area contributed by atoms with Gasteiger partial charge in [-0.05, 0) is 41.8 Å². The monoisotopic (exact) mass is 332 g/mol. The van der Waals surface area contributed by atoms with Gasteiger partial charge in [-0.2, -0.15) is 0 Å². The van der Waals surface area contributed by atoms with Crippen LogP contribution in [0.4, 0.5) is 5.69 Å². The molecule has 0 unspecified atom stereocenters. The summed E-state index contributed by atoms with van der Waals surface area (Å²) in [6.45, 7) is 2.27. The molecule has 0 bridgehead atoms. The van der Waals surface area contributed by atoms with Gasteiger partial charge in [0.2, 0.25) is 5.91 Å². The number of anilines is 1. The van der Waals surface area contributed by atoms with Crippen LogP contribution in [-0.2, 0) is 4.79 Å². The molecule has 5 nitrogen and oxygen atoms in total. The van der Waals surface area contributed by atoms with Gasteiger partial charge in [0.15, 0.2) is 0 Å². The largest absolute Gasteiger partial charge is 0.324 e. The second kappa shape index (κ2) is 8.17. The first kappa shape index (κ1) is 16.8. The van der Waals surface area contributed by atoms with E-state index in [-0.39, 0.29) is 18.5 Å². The van der Waals surface area contributed by atoms with Gasteiger partial charge in [-0.25, -0.2) is 0 Å². The number of nitrogens with zero attached hydrogens (tertiary/aromatic N) is 2. The lowest BCUT2D eigenvalue weighted by Crippen LogP contribution is -2.30. The molecule has 25 heavy (non-hydrogen) atoms. The Balaban J connectivity index is 1.54. The maximum absolute atomic E-state index is 12.0. The second-order valence-corrected chi connectivity index (χ2v) is 5.76. The Morgan fingerprint density at radius 1 is 0.960 bits per heavy atom. The van der Waals surface area contributed by atoms with Crippen LogP contribution in [0, 0.1) is 0 Å². The quantitative estimate of drug-likeness (QED) is 0.726. The van der Waals surface area contributed by atoms with Gasteiger partial charge < -0.3 is 10.6 Å². The Bertz CT molecular complexity index is 804. The predicted molar refractivity (Wildman–Crippen MR) is 99.0 cm³/mol. The van der Waals surface area contributed by atoms with E-state index in [1.165, 1.54) is 0 Å². The van der Waals surface area contributed by atoms with Crippen molar-refractivity contribution >= 4 is 11.6 Å². The number of benzene rings is 1. The molecule has 0 fully saturated rings. The Morgan fingerprint density at radius 2 is 1.68 bits per heavy atom. The molecule has 0 spiro atoms. The summed E-state index contributed by atoms with van der Waals surface area (Å²) in [4.78, 5) is 20.1. The number of rotatable bonds is 6. The number of hydrogen-bond acceptors (Lipinski definition) is 4. The van der Waals surface area contributed by atoms with Gasteiger partial charge in [-0.3, -0.25) is 14.8 Å². The van der Waals surface area contributed by atoms with Crippen molar-refractivity contribution in [3.8, 4) is 11.1 Å². The third-order valence-electron chi connectivity index (χ3n) is 3.92. The fourth-order valence-electron chi connectivity index (χ4n) is 2.50. The molecule has 0 saturated carbocycles. The van der Waals surface area contributed by atoms with E-state index in [0.29, 0.717) is 5.69 Å². The Labute approximate surface area is 147 Å². The molecule has 0 radical (unpaired) electrons. The van der Waals surface area contributed by atoms with Crippen LogP contribution in [0.1, 0.15) is 18.5 Å². The van der Waals surface area contributed by atoms with Crippen LogP contribution in [0.2, 0.25) is 0 Å². The molecule has 1 atom stereocenters. The normalized spacial score (nSPS) is 11.7. The topological polar surface area (TPSA) is 66.9 Å². The lowest BCUT2D eigenvalue weighted by atomic mass is 10.0. The van der Waals surface area contributed by atoms with Crippen molar-refractivity contribution in [1.29, 1.82) is 0 Å². The lowest BCUT2D eigenvalue weighted by Gasteiger charge is -2.15. The number of amides is 1. The highest BCUT2D eigenvalue weighted by Crippen LogP contribution is 2.21. The smallest absolute Gasteiger partial charge is 0.238 e. The summed E-state index contributed by atoms with van der Waals surface area (Å²) in [7, 11) is 0. The molecule has 3 rings (SSSR count). The average molecular weight is 332 g/mol. The van der Waals surface area contributed by atoms with E-state index in [0.717, 1.165) is 16.7 Å². The van der Waals surface area contributed by atoms with E-state index in [1.807, 2.05) is 31.3 Å². The lowest BCUT2D eigenvalue weighted by molar-refractivity contribution is -0.115. The molecule has 2 aromatic heterocycles. The molecular weight excluding hydrogens is 312 g/mol. The van der Waals surface area contributed by atoms with Gasteiger partial charge in [-0.15, -0.1) is 0 Å². The fraction of sp³-hybridized carbons (Fsp3) is 0.150. The summed E-state index contributed by atoms with van der Waals surface area (Å²) in [6.07, 6.45) is 6.91. The van der Waals surface area contributed by atoms with Crippen LogP contribution in [0.3, 0.4) is 0 Å². The maximum atomic E-state index is 12.0. The SMILES string of the molecule is C[C@H](NCC(=O)Nc1cccnc1)c1ccc(-c2cccnc2)cc1. The third-order valence-corrected chi connectivity index (χ3v) is 3.92. The second-order valence-electron chi connectivity index (χ2n) is 5.76. The first-order chi connectivity index (χ1) is 12.2. The minimum atomic E-state index is -0.0909. The van der Waals surface area contributed by atoms with E-state index in [4.69, 9.17) is 0 Å². The summed E-state index contributed by atoms with van der Waals surface area (Å²) < 4.78 is 0. The Kier molecular flexibility index (Phi) is 5.49. The van der Waals surface area contributed by atoms with Crippen LogP contribution >= 0.6 is 0 Å². The van der Waals surface area contributed by atoms with Crippen LogP contribution in [0.25, 0.3) is 11.1 Å². The first-order valence-electron chi connectivity index (χ1n) is 8.16. The first-order valence-corrected chi connectivity index (χ1v) is 8.16. The molecule has 1 aromatic carbocycles. The highest BCUT2D eigenvalue weighted by Gasteiger charge is 2.08. The summed E-state index contributed by atoms with van der Waals surface area (Å²) in [6, 6.07) is 15.9. The van der Waals surface area contributed by atoms with Gasteiger partial charge in [0.1, 0.15) is 0 Å². The summed E-state index contributed by atoms with van der Waals surface area (Å²) in [5, 5.41) is 6.04. The van der Waals surface area contributed by atoms with Crippen molar-refractivity contribution in [3.63, 3.8) is 0 Å². The number of hydrogen-bond donors (Lipinski definition) is 2. The molecule has 0 aliphatic heterocycles. The van der Waals surface area contributed by atoms with Crippen LogP contribution in [-0.4, -0.2) is 22.4 Å². The fourth-order valence-corrected chi connectivity index (χ4v) is 2.50. The van der Waals surface area contributed by atoms with Crippen molar-refractivity contribution < 1.29 is 4.79 Å². The maximum Gasteiger partial charge on any atom is 0.238 e. The van der Waals surface area contributed by atoms with E-state index in [2.05, 4.69) is 44.9 Å². The molecule has 5 heteroatoms. The van der Waals surface area contributed by atoms with Crippen LogP contribution < -0.4 is 10.6 Å². The molecular formula is C20H20N4O. The number of nitrogens with one attached hydrogen (secondary N) is 2. The summed E-state index contributed by atoms with van der Waals surface area (Å²) in [5.74, 6) is -0.0909. The van der Waals surface area contributed by atoms with Crippen molar-refractivity contribution in [1.82, 2.24) is 15.3 Å². The highest BCUT2D eigenvalue weighted by atomic mass is 16.1. The van der Waals surface area contributed by atoms with Crippen molar-refractivity contribution in [2.24, 2.45) is 0 Å². The molecule has 2 heterocycles. The van der Waals surface area contributed by atoms with Crippen LogP contribution in [0.15, 0.2) is 73.3 Å². The zero-order valence-electron chi connectivity index (χ0n) is 14.0. The number of carbonyl (C=O) groups is 1. The molecule has 3 aromatic rings.